The van der Waals surface area contributed by atoms with E-state index in [4.69, 9.17) is 9.47 Å². The molecule has 0 aromatic heterocycles. The zero-order chi connectivity index (χ0) is 14.8. The predicted molar refractivity (Wildman–Crippen MR) is 64.4 cm³/mol. The Labute approximate surface area is 114 Å². The molecule has 1 saturated heterocycles. The van der Waals surface area contributed by atoms with Gasteiger partial charge in [-0.05, 0) is 18.2 Å². The Morgan fingerprint density at radius 1 is 1.35 bits per heavy atom. The van der Waals surface area contributed by atoms with Crippen LogP contribution in [-0.2, 0) is 14.6 Å². The SMILES string of the molecule is O=S(=O)(CCC(F)(F)F)c1cccc(OCC2CO2)c1. The number of ether oxygens (including phenoxy) is 2. The van der Waals surface area contributed by atoms with Gasteiger partial charge in [-0.25, -0.2) is 8.42 Å². The molecule has 0 saturated carbocycles. The summed E-state index contributed by atoms with van der Waals surface area (Å²) in [5.74, 6) is -0.667. The minimum Gasteiger partial charge on any atom is -0.491 e. The lowest BCUT2D eigenvalue weighted by Gasteiger charge is -2.09. The Morgan fingerprint density at radius 2 is 2.05 bits per heavy atom. The van der Waals surface area contributed by atoms with Crippen molar-refractivity contribution in [2.45, 2.75) is 23.6 Å². The number of sulfone groups is 1. The highest BCUT2D eigenvalue weighted by Crippen LogP contribution is 2.25. The van der Waals surface area contributed by atoms with Crippen LogP contribution in [0, 0.1) is 0 Å². The molecule has 0 aliphatic carbocycles. The summed E-state index contributed by atoms with van der Waals surface area (Å²) in [6.45, 7) is 0.898. The standard InChI is InChI=1S/C12H13F3O4S/c13-12(14,15)4-5-20(16,17)11-3-1-2-9(6-11)18-7-10-8-19-10/h1-3,6,10H,4-5,7-8H2. The fraction of sp³-hybridized carbons (Fsp3) is 0.500. The van der Waals surface area contributed by atoms with E-state index in [1.165, 1.54) is 18.2 Å². The Morgan fingerprint density at radius 3 is 2.65 bits per heavy atom. The first-order chi connectivity index (χ1) is 9.26. The molecule has 1 aromatic carbocycles. The van der Waals surface area contributed by atoms with Crippen molar-refractivity contribution in [3.05, 3.63) is 24.3 Å². The first kappa shape index (κ1) is 15.1. The second kappa shape index (κ2) is 5.61. The second-order valence-electron chi connectivity index (χ2n) is 4.43. The van der Waals surface area contributed by atoms with Crippen molar-refractivity contribution in [3.8, 4) is 5.75 Å². The number of benzene rings is 1. The monoisotopic (exact) mass is 310 g/mol. The largest absolute Gasteiger partial charge is 0.491 e. The molecule has 112 valence electrons. The van der Waals surface area contributed by atoms with Gasteiger partial charge in [0.1, 0.15) is 18.5 Å². The lowest BCUT2D eigenvalue weighted by Crippen LogP contribution is -2.16. The maximum Gasteiger partial charge on any atom is 0.390 e. The molecule has 1 heterocycles. The molecule has 1 aliphatic heterocycles. The highest BCUT2D eigenvalue weighted by Gasteiger charge is 2.30. The smallest absolute Gasteiger partial charge is 0.390 e. The number of hydrogen-bond donors (Lipinski definition) is 0. The van der Waals surface area contributed by atoms with Crippen LogP contribution in [0.4, 0.5) is 13.2 Å². The second-order valence-corrected chi connectivity index (χ2v) is 6.53. The van der Waals surface area contributed by atoms with Gasteiger partial charge in [-0.1, -0.05) is 6.07 Å². The van der Waals surface area contributed by atoms with E-state index in [2.05, 4.69) is 0 Å². The molecule has 1 aromatic rings. The third kappa shape index (κ3) is 4.68. The zero-order valence-corrected chi connectivity index (χ0v) is 11.2. The lowest BCUT2D eigenvalue weighted by molar-refractivity contribution is -0.129. The summed E-state index contributed by atoms with van der Waals surface area (Å²) in [6, 6.07) is 5.47. The van der Waals surface area contributed by atoms with E-state index in [1.807, 2.05) is 0 Å². The fourth-order valence-electron chi connectivity index (χ4n) is 1.48. The van der Waals surface area contributed by atoms with Crippen molar-refractivity contribution in [2.75, 3.05) is 19.0 Å². The van der Waals surface area contributed by atoms with Gasteiger partial charge in [-0.2, -0.15) is 13.2 Å². The van der Waals surface area contributed by atoms with Gasteiger partial charge in [0.05, 0.1) is 23.7 Å². The molecule has 1 fully saturated rings. The molecule has 1 aliphatic rings. The minimum atomic E-state index is -4.50. The molecule has 20 heavy (non-hydrogen) atoms. The fourth-order valence-corrected chi connectivity index (χ4v) is 2.80. The van der Waals surface area contributed by atoms with Gasteiger partial charge in [-0.3, -0.25) is 0 Å². The molecular formula is C12H13F3O4S. The van der Waals surface area contributed by atoms with Gasteiger partial charge in [0.15, 0.2) is 9.84 Å². The third-order valence-corrected chi connectivity index (χ3v) is 4.37. The molecule has 1 unspecified atom stereocenters. The molecule has 4 nitrogen and oxygen atoms in total. The lowest BCUT2D eigenvalue weighted by atomic mass is 10.3. The highest BCUT2D eigenvalue weighted by atomic mass is 32.2. The number of halogens is 3. The topological polar surface area (TPSA) is 55.9 Å². The van der Waals surface area contributed by atoms with Crippen LogP contribution in [0.5, 0.6) is 5.75 Å². The summed E-state index contributed by atoms with van der Waals surface area (Å²) < 4.78 is 70.1. The summed E-state index contributed by atoms with van der Waals surface area (Å²) in [6.07, 6.45) is -5.85. The van der Waals surface area contributed by atoms with Crippen LogP contribution in [0.25, 0.3) is 0 Å². The molecule has 0 spiro atoms. The van der Waals surface area contributed by atoms with E-state index in [0.29, 0.717) is 19.0 Å². The average molecular weight is 310 g/mol. The summed E-state index contributed by atoms with van der Waals surface area (Å²) in [4.78, 5) is -0.170. The predicted octanol–water partition coefficient (Wildman–Crippen LogP) is 2.19. The number of alkyl halides is 3. The van der Waals surface area contributed by atoms with Crippen LogP contribution in [-0.4, -0.2) is 39.7 Å². The van der Waals surface area contributed by atoms with Crippen molar-refractivity contribution in [2.24, 2.45) is 0 Å². The van der Waals surface area contributed by atoms with E-state index < -0.39 is 28.2 Å². The summed E-state index contributed by atoms with van der Waals surface area (Å²) >= 11 is 0. The summed E-state index contributed by atoms with van der Waals surface area (Å²) in [5.41, 5.74) is 0. The number of rotatable bonds is 6. The van der Waals surface area contributed by atoms with Crippen molar-refractivity contribution in [1.82, 2.24) is 0 Å². The van der Waals surface area contributed by atoms with Gasteiger partial charge in [0.2, 0.25) is 0 Å². The summed E-state index contributed by atoms with van der Waals surface area (Å²) in [7, 11) is -3.97. The van der Waals surface area contributed by atoms with E-state index >= 15 is 0 Å². The quantitative estimate of drug-likeness (QED) is 0.756. The molecule has 1 atom stereocenters. The molecule has 2 rings (SSSR count). The van der Waals surface area contributed by atoms with E-state index in [1.54, 1.807) is 6.07 Å². The van der Waals surface area contributed by atoms with Crippen molar-refractivity contribution < 1.29 is 31.1 Å². The molecule has 0 radical (unpaired) electrons. The van der Waals surface area contributed by atoms with Gasteiger partial charge < -0.3 is 9.47 Å². The Balaban J connectivity index is 2.04. The van der Waals surface area contributed by atoms with Crippen molar-refractivity contribution >= 4 is 9.84 Å². The molecule has 0 bridgehead atoms. The Hall–Kier alpha value is -1.28. The zero-order valence-electron chi connectivity index (χ0n) is 10.4. The Kier molecular flexibility index (Phi) is 4.24. The van der Waals surface area contributed by atoms with Crippen molar-refractivity contribution in [1.29, 1.82) is 0 Å². The summed E-state index contributed by atoms with van der Waals surface area (Å²) in [5, 5.41) is 0. The van der Waals surface area contributed by atoms with Gasteiger partial charge in [-0.15, -0.1) is 0 Å². The first-order valence-corrected chi connectivity index (χ1v) is 7.55. The minimum absolute atomic E-state index is 0.0143. The molecule has 0 amide bonds. The first-order valence-electron chi connectivity index (χ1n) is 5.90. The number of epoxide rings is 1. The maximum atomic E-state index is 12.1. The van der Waals surface area contributed by atoms with E-state index in [0.717, 1.165) is 0 Å². The normalized spacial score (nSPS) is 18.9. The van der Waals surface area contributed by atoms with Gasteiger partial charge in [0, 0.05) is 0 Å². The van der Waals surface area contributed by atoms with Crippen LogP contribution in [0.2, 0.25) is 0 Å². The van der Waals surface area contributed by atoms with Crippen LogP contribution in [0.15, 0.2) is 29.2 Å². The highest BCUT2D eigenvalue weighted by molar-refractivity contribution is 7.91. The van der Waals surface area contributed by atoms with E-state index in [-0.39, 0.29) is 11.0 Å². The van der Waals surface area contributed by atoms with E-state index in [9.17, 15) is 21.6 Å². The molecule has 0 N–H and O–H groups in total. The van der Waals surface area contributed by atoms with Crippen LogP contribution in [0.3, 0.4) is 0 Å². The van der Waals surface area contributed by atoms with Crippen molar-refractivity contribution in [3.63, 3.8) is 0 Å². The average Bonchev–Trinajstić information content (AvgIpc) is 3.18. The molecular weight excluding hydrogens is 297 g/mol. The third-order valence-electron chi connectivity index (χ3n) is 2.66. The van der Waals surface area contributed by atoms with Crippen LogP contribution in [0.1, 0.15) is 6.42 Å². The van der Waals surface area contributed by atoms with Gasteiger partial charge in [0.25, 0.3) is 0 Å². The van der Waals surface area contributed by atoms with Crippen LogP contribution < -0.4 is 4.74 Å². The maximum absolute atomic E-state index is 12.1. The van der Waals surface area contributed by atoms with Gasteiger partial charge >= 0.3 is 6.18 Å². The Bertz CT molecular complexity index is 564. The van der Waals surface area contributed by atoms with Crippen LogP contribution >= 0.6 is 0 Å². The molecule has 8 heteroatoms. The number of hydrogen-bond acceptors (Lipinski definition) is 4.